The van der Waals surface area contributed by atoms with E-state index in [-0.39, 0.29) is 11.5 Å². The summed E-state index contributed by atoms with van der Waals surface area (Å²) in [6, 6.07) is 12.3. The first-order valence-electron chi connectivity index (χ1n) is 6.45. The first-order chi connectivity index (χ1) is 10.2. The molecule has 3 aromatic rings. The summed E-state index contributed by atoms with van der Waals surface area (Å²) in [6.45, 7) is 0. The zero-order valence-corrected chi connectivity index (χ0v) is 11.1. The van der Waals surface area contributed by atoms with E-state index in [1.807, 2.05) is 12.1 Å². The number of benzene rings is 1. The molecule has 0 saturated heterocycles. The summed E-state index contributed by atoms with van der Waals surface area (Å²) in [5, 5.41) is 10.6. The highest BCUT2D eigenvalue weighted by Crippen LogP contribution is 2.22. The summed E-state index contributed by atoms with van der Waals surface area (Å²) in [7, 11) is 0. The molecule has 0 spiro atoms. The number of rotatable bonds is 3. The average molecular weight is 276 g/mol. The van der Waals surface area contributed by atoms with Gasteiger partial charge in [0.1, 0.15) is 11.3 Å². The molecule has 0 aliphatic rings. The van der Waals surface area contributed by atoms with Crippen molar-refractivity contribution in [2.75, 3.05) is 0 Å². The van der Waals surface area contributed by atoms with E-state index in [1.165, 1.54) is 12.3 Å². The van der Waals surface area contributed by atoms with Gasteiger partial charge in [0, 0.05) is 23.3 Å². The first kappa shape index (κ1) is 13.0. The normalized spacial score (nSPS) is 11.0. The van der Waals surface area contributed by atoms with Gasteiger partial charge in [0.2, 0.25) is 0 Å². The standard InChI is InChI=1S/C17H12N2O2/c20-15(13-4-2-10-18-11-13)9-8-14-7-6-12-3-1-5-16(21)17(12)19-14/h1-11,21H. The van der Waals surface area contributed by atoms with Crippen LogP contribution in [0.3, 0.4) is 0 Å². The van der Waals surface area contributed by atoms with E-state index in [0.717, 1.165) is 5.39 Å². The second-order valence-corrected chi connectivity index (χ2v) is 4.52. The van der Waals surface area contributed by atoms with Gasteiger partial charge in [-0.3, -0.25) is 9.78 Å². The van der Waals surface area contributed by atoms with Crippen molar-refractivity contribution in [2.45, 2.75) is 0 Å². The quantitative estimate of drug-likeness (QED) is 0.589. The van der Waals surface area contributed by atoms with Gasteiger partial charge in [0.15, 0.2) is 5.78 Å². The van der Waals surface area contributed by atoms with Crippen LogP contribution in [-0.4, -0.2) is 20.9 Å². The van der Waals surface area contributed by atoms with Crippen LogP contribution in [0.1, 0.15) is 16.1 Å². The van der Waals surface area contributed by atoms with Crippen LogP contribution in [0.5, 0.6) is 5.75 Å². The molecule has 2 heterocycles. The largest absolute Gasteiger partial charge is 0.506 e. The molecule has 0 amide bonds. The molecule has 0 aliphatic heterocycles. The maximum Gasteiger partial charge on any atom is 0.187 e. The van der Waals surface area contributed by atoms with E-state index in [4.69, 9.17) is 0 Å². The topological polar surface area (TPSA) is 63.1 Å². The Kier molecular flexibility index (Phi) is 3.43. The van der Waals surface area contributed by atoms with Crippen molar-refractivity contribution in [3.8, 4) is 5.75 Å². The Labute approximate surface area is 121 Å². The Hall–Kier alpha value is -3.01. The number of para-hydroxylation sites is 1. The second-order valence-electron chi connectivity index (χ2n) is 4.52. The van der Waals surface area contributed by atoms with Crippen LogP contribution in [0.4, 0.5) is 0 Å². The number of aromatic hydroxyl groups is 1. The SMILES string of the molecule is O=C(C=Cc1ccc2cccc(O)c2n1)c1cccnc1. The highest BCUT2D eigenvalue weighted by atomic mass is 16.3. The predicted octanol–water partition coefficient (Wildman–Crippen LogP) is 3.23. The smallest absolute Gasteiger partial charge is 0.187 e. The number of ketones is 1. The molecule has 1 aromatic carbocycles. The molecule has 0 bridgehead atoms. The number of phenols is 1. The van der Waals surface area contributed by atoms with Crippen molar-refractivity contribution in [3.63, 3.8) is 0 Å². The lowest BCUT2D eigenvalue weighted by Crippen LogP contribution is -1.94. The second kappa shape index (κ2) is 5.54. The van der Waals surface area contributed by atoms with E-state index < -0.39 is 0 Å². The summed E-state index contributed by atoms with van der Waals surface area (Å²) >= 11 is 0. The van der Waals surface area contributed by atoms with Crippen LogP contribution in [0, 0.1) is 0 Å². The lowest BCUT2D eigenvalue weighted by Gasteiger charge is -2.01. The number of hydrogen-bond acceptors (Lipinski definition) is 4. The van der Waals surface area contributed by atoms with Gasteiger partial charge < -0.3 is 5.11 Å². The van der Waals surface area contributed by atoms with Crippen molar-refractivity contribution in [1.82, 2.24) is 9.97 Å². The Morgan fingerprint density at radius 2 is 2.00 bits per heavy atom. The summed E-state index contributed by atoms with van der Waals surface area (Å²) in [5.41, 5.74) is 1.66. The minimum atomic E-state index is -0.137. The fourth-order valence-corrected chi connectivity index (χ4v) is 2.01. The van der Waals surface area contributed by atoms with Crippen LogP contribution >= 0.6 is 0 Å². The highest BCUT2D eigenvalue weighted by molar-refractivity contribution is 6.06. The fraction of sp³-hybridized carbons (Fsp3) is 0. The summed E-state index contributed by atoms with van der Waals surface area (Å²) in [4.78, 5) is 20.2. The molecule has 0 atom stereocenters. The third-order valence-corrected chi connectivity index (χ3v) is 3.07. The maximum atomic E-state index is 11.9. The molecule has 0 saturated carbocycles. The minimum absolute atomic E-state index is 0.126. The van der Waals surface area contributed by atoms with Gasteiger partial charge in [-0.2, -0.15) is 0 Å². The van der Waals surface area contributed by atoms with E-state index in [9.17, 15) is 9.90 Å². The highest BCUT2D eigenvalue weighted by Gasteiger charge is 2.03. The van der Waals surface area contributed by atoms with E-state index in [2.05, 4.69) is 9.97 Å². The van der Waals surface area contributed by atoms with Crippen LogP contribution in [-0.2, 0) is 0 Å². The van der Waals surface area contributed by atoms with Gasteiger partial charge in [-0.15, -0.1) is 0 Å². The fourth-order valence-electron chi connectivity index (χ4n) is 2.01. The average Bonchev–Trinajstić information content (AvgIpc) is 2.54. The van der Waals surface area contributed by atoms with Crippen molar-refractivity contribution in [2.24, 2.45) is 0 Å². The molecule has 102 valence electrons. The molecular formula is C17H12N2O2. The molecule has 4 heteroatoms. The summed E-state index contributed by atoms with van der Waals surface area (Å²) < 4.78 is 0. The third-order valence-electron chi connectivity index (χ3n) is 3.07. The number of carbonyl (C=O) groups is 1. The molecule has 1 N–H and O–H groups in total. The number of pyridine rings is 2. The number of fused-ring (bicyclic) bond motifs is 1. The van der Waals surface area contributed by atoms with Crippen molar-refractivity contribution >= 4 is 22.8 Å². The van der Waals surface area contributed by atoms with Crippen LogP contribution in [0.2, 0.25) is 0 Å². The predicted molar refractivity (Wildman–Crippen MR) is 81.0 cm³/mol. The molecule has 0 radical (unpaired) electrons. The molecule has 0 fully saturated rings. The van der Waals surface area contributed by atoms with Crippen LogP contribution < -0.4 is 0 Å². The molecular weight excluding hydrogens is 264 g/mol. The van der Waals surface area contributed by atoms with Gasteiger partial charge in [0.25, 0.3) is 0 Å². The number of hydrogen-bond donors (Lipinski definition) is 1. The number of carbonyl (C=O) groups excluding carboxylic acids is 1. The molecule has 21 heavy (non-hydrogen) atoms. The Bertz CT molecular complexity index is 827. The zero-order chi connectivity index (χ0) is 14.7. The third kappa shape index (κ3) is 2.79. The van der Waals surface area contributed by atoms with E-state index in [0.29, 0.717) is 16.8 Å². The molecule has 2 aromatic heterocycles. The van der Waals surface area contributed by atoms with Gasteiger partial charge in [-0.25, -0.2) is 4.98 Å². The number of phenolic OH excluding ortho intramolecular Hbond substituents is 1. The monoisotopic (exact) mass is 276 g/mol. The van der Waals surface area contributed by atoms with E-state index in [1.54, 1.807) is 42.6 Å². The van der Waals surface area contributed by atoms with Crippen LogP contribution in [0.15, 0.2) is 60.9 Å². The summed E-state index contributed by atoms with van der Waals surface area (Å²) in [6.07, 6.45) is 6.22. The Morgan fingerprint density at radius 3 is 2.81 bits per heavy atom. The van der Waals surface area contributed by atoms with Crippen molar-refractivity contribution in [1.29, 1.82) is 0 Å². The number of allylic oxidation sites excluding steroid dienone is 1. The van der Waals surface area contributed by atoms with E-state index >= 15 is 0 Å². The molecule has 0 unspecified atom stereocenters. The zero-order valence-electron chi connectivity index (χ0n) is 11.1. The van der Waals surface area contributed by atoms with Gasteiger partial charge in [-0.05, 0) is 36.4 Å². The van der Waals surface area contributed by atoms with Crippen LogP contribution in [0.25, 0.3) is 17.0 Å². The van der Waals surface area contributed by atoms with Crippen molar-refractivity contribution in [3.05, 3.63) is 72.2 Å². The Morgan fingerprint density at radius 1 is 1.10 bits per heavy atom. The lowest BCUT2D eigenvalue weighted by molar-refractivity contribution is 0.104. The molecule has 0 aliphatic carbocycles. The minimum Gasteiger partial charge on any atom is -0.506 e. The molecule has 4 nitrogen and oxygen atoms in total. The van der Waals surface area contributed by atoms with Gasteiger partial charge in [0.05, 0.1) is 5.69 Å². The van der Waals surface area contributed by atoms with Gasteiger partial charge >= 0.3 is 0 Å². The Balaban J connectivity index is 1.90. The number of aromatic nitrogens is 2. The lowest BCUT2D eigenvalue weighted by atomic mass is 10.1. The number of nitrogens with zero attached hydrogens (tertiary/aromatic N) is 2. The first-order valence-corrected chi connectivity index (χ1v) is 6.45. The van der Waals surface area contributed by atoms with Gasteiger partial charge in [-0.1, -0.05) is 18.2 Å². The van der Waals surface area contributed by atoms with Crippen molar-refractivity contribution < 1.29 is 9.90 Å². The summed E-state index contributed by atoms with van der Waals surface area (Å²) in [5.74, 6) is -0.0105. The molecule has 3 rings (SSSR count). The maximum absolute atomic E-state index is 11.9.